The minimum atomic E-state index is 0.150. The van der Waals surface area contributed by atoms with Gasteiger partial charge in [-0.05, 0) is 35.6 Å². The van der Waals surface area contributed by atoms with Crippen LogP contribution in [0.2, 0.25) is 0 Å². The second kappa shape index (κ2) is 6.45. The minimum Gasteiger partial charge on any atom is -0.342 e. The first-order valence-corrected chi connectivity index (χ1v) is 7.39. The summed E-state index contributed by atoms with van der Waals surface area (Å²) >= 11 is 0. The van der Waals surface area contributed by atoms with Gasteiger partial charge in [0.2, 0.25) is 5.91 Å². The van der Waals surface area contributed by atoms with Gasteiger partial charge in [0.1, 0.15) is 0 Å². The van der Waals surface area contributed by atoms with Gasteiger partial charge in [0.25, 0.3) is 0 Å². The summed E-state index contributed by atoms with van der Waals surface area (Å²) in [6.07, 6.45) is 3.10. The lowest BCUT2D eigenvalue weighted by Crippen LogP contribution is -2.27. The molecule has 0 saturated carbocycles. The number of amides is 1. The SMILES string of the molecule is [N-]=[N+]=NCC1CC(=O)N(CCc2ccnc3ccccc23)C1. The van der Waals surface area contributed by atoms with Crippen molar-refractivity contribution in [1.29, 1.82) is 0 Å². The molecule has 6 nitrogen and oxygen atoms in total. The van der Waals surface area contributed by atoms with Crippen molar-refractivity contribution in [1.82, 2.24) is 9.88 Å². The third-order valence-electron chi connectivity index (χ3n) is 4.09. The number of carbonyl (C=O) groups is 1. The molecule has 1 saturated heterocycles. The molecule has 1 aromatic heterocycles. The molecule has 112 valence electrons. The number of para-hydroxylation sites is 1. The lowest BCUT2D eigenvalue weighted by atomic mass is 10.1. The zero-order chi connectivity index (χ0) is 15.4. The van der Waals surface area contributed by atoms with Crippen LogP contribution < -0.4 is 0 Å². The summed E-state index contributed by atoms with van der Waals surface area (Å²) in [6.45, 7) is 1.78. The standard InChI is InChI=1S/C16H17N5O/c17-20-19-10-12-9-16(22)21(11-12)8-6-13-5-7-18-15-4-2-1-3-14(13)15/h1-5,7,12H,6,8-11H2. The van der Waals surface area contributed by atoms with Crippen molar-refractivity contribution >= 4 is 16.8 Å². The van der Waals surface area contributed by atoms with E-state index in [0.717, 1.165) is 17.3 Å². The number of nitrogens with zero attached hydrogens (tertiary/aromatic N) is 5. The molecule has 1 aromatic carbocycles. The number of azide groups is 1. The van der Waals surface area contributed by atoms with Crippen molar-refractivity contribution in [2.75, 3.05) is 19.6 Å². The highest BCUT2D eigenvalue weighted by Crippen LogP contribution is 2.21. The lowest BCUT2D eigenvalue weighted by Gasteiger charge is -2.16. The Labute approximate surface area is 128 Å². The van der Waals surface area contributed by atoms with Gasteiger partial charge in [-0.3, -0.25) is 9.78 Å². The molecule has 2 heterocycles. The first-order valence-electron chi connectivity index (χ1n) is 7.39. The van der Waals surface area contributed by atoms with Crippen molar-refractivity contribution in [2.45, 2.75) is 12.8 Å². The molecule has 22 heavy (non-hydrogen) atoms. The first-order chi connectivity index (χ1) is 10.8. The Bertz CT molecular complexity index is 733. The summed E-state index contributed by atoms with van der Waals surface area (Å²) in [5.74, 6) is 0.300. The number of likely N-dealkylation sites (tertiary alicyclic amines) is 1. The van der Waals surface area contributed by atoms with Crippen LogP contribution in [0.25, 0.3) is 21.3 Å². The topological polar surface area (TPSA) is 82.0 Å². The number of fused-ring (bicyclic) bond motifs is 1. The highest BCUT2D eigenvalue weighted by Gasteiger charge is 2.28. The largest absolute Gasteiger partial charge is 0.342 e. The lowest BCUT2D eigenvalue weighted by molar-refractivity contribution is -0.127. The quantitative estimate of drug-likeness (QED) is 0.482. The van der Waals surface area contributed by atoms with Crippen LogP contribution in [0.4, 0.5) is 0 Å². The van der Waals surface area contributed by atoms with Crippen LogP contribution in [0.3, 0.4) is 0 Å². The zero-order valence-electron chi connectivity index (χ0n) is 12.2. The second-order valence-electron chi connectivity index (χ2n) is 5.56. The van der Waals surface area contributed by atoms with Crippen molar-refractivity contribution in [3.8, 4) is 0 Å². The van der Waals surface area contributed by atoms with Gasteiger partial charge in [0.05, 0.1) is 5.52 Å². The van der Waals surface area contributed by atoms with Gasteiger partial charge < -0.3 is 4.90 Å². The van der Waals surface area contributed by atoms with Crippen LogP contribution in [0.1, 0.15) is 12.0 Å². The highest BCUT2D eigenvalue weighted by molar-refractivity contribution is 5.82. The number of rotatable bonds is 5. The molecule has 1 aliphatic rings. The molecule has 1 atom stereocenters. The number of pyridine rings is 1. The van der Waals surface area contributed by atoms with Crippen molar-refractivity contribution in [3.05, 3.63) is 52.5 Å². The van der Waals surface area contributed by atoms with E-state index in [9.17, 15) is 4.79 Å². The van der Waals surface area contributed by atoms with Gasteiger partial charge in [-0.15, -0.1) is 0 Å². The number of hydrogen-bond donors (Lipinski definition) is 0. The fraction of sp³-hybridized carbons (Fsp3) is 0.375. The minimum absolute atomic E-state index is 0.150. The van der Waals surface area contributed by atoms with Gasteiger partial charge in [-0.2, -0.15) is 0 Å². The van der Waals surface area contributed by atoms with Crippen LogP contribution >= 0.6 is 0 Å². The fourth-order valence-corrected chi connectivity index (χ4v) is 2.97. The maximum Gasteiger partial charge on any atom is 0.222 e. The monoisotopic (exact) mass is 295 g/mol. The molecule has 0 spiro atoms. The van der Waals surface area contributed by atoms with E-state index >= 15 is 0 Å². The van der Waals surface area contributed by atoms with E-state index in [1.54, 1.807) is 0 Å². The summed E-state index contributed by atoms with van der Waals surface area (Å²) in [4.78, 5) is 21.0. The van der Waals surface area contributed by atoms with Crippen LogP contribution in [0, 0.1) is 5.92 Å². The molecule has 0 aliphatic carbocycles. The number of carbonyl (C=O) groups excluding carboxylic acids is 1. The van der Waals surface area contributed by atoms with E-state index in [-0.39, 0.29) is 11.8 Å². The summed E-state index contributed by atoms with van der Waals surface area (Å²) < 4.78 is 0. The molecule has 1 fully saturated rings. The Morgan fingerprint density at radius 3 is 3.09 bits per heavy atom. The maximum atomic E-state index is 12.0. The number of benzene rings is 1. The molecular weight excluding hydrogens is 278 g/mol. The van der Waals surface area contributed by atoms with Gasteiger partial charge >= 0.3 is 0 Å². The zero-order valence-corrected chi connectivity index (χ0v) is 12.2. The molecule has 0 N–H and O–H groups in total. The first kappa shape index (κ1) is 14.4. The van der Waals surface area contributed by atoms with Crippen molar-refractivity contribution in [2.24, 2.45) is 11.0 Å². The number of aromatic nitrogens is 1. The predicted octanol–water partition coefficient (Wildman–Crippen LogP) is 2.94. The molecule has 6 heteroatoms. The van der Waals surface area contributed by atoms with E-state index in [2.05, 4.69) is 21.1 Å². The van der Waals surface area contributed by atoms with Crippen LogP contribution in [-0.2, 0) is 11.2 Å². The van der Waals surface area contributed by atoms with Crippen molar-refractivity contribution in [3.63, 3.8) is 0 Å². The molecular formula is C16H17N5O. The summed E-state index contributed by atoms with van der Waals surface area (Å²) in [6, 6.07) is 10.1. The fourth-order valence-electron chi connectivity index (χ4n) is 2.97. The van der Waals surface area contributed by atoms with E-state index in [4.69, 9.17) is 5.53 Å². The molecule has 1 unspecified atom stereocenters. The Balaban J connectivity index is 1.67. The third-order valence-corrected chi connectivity index (χ3v) is 4.09. The smallest absolute Gasteiger partial charge is 0.222 e. The van der Waals surface area contributed by atoms with Gasteiger partial charge in [-0.1, -0.05) is 23.3 Å². The molecule has 2 aromatic rings. The Morgan fingerprint density at radius 1 is 1.36 bits per heavy atom. The summed E-state index contributed by atoms with van der Waals surface area (Å²) in [5.41, 5.74) is 10.6. The molecule has 1 amide bonds. The van der Waals surface area contributed by atoms with E-state index < -0.39 is 0 Å². The van der Waals surface area contributed by atoms with E-state index in [1.807, 2.05) is 35.4 Å². The average Bonchev–Trinajstić information content (AvgIpc) is 2.91. The number of hydrogen-bond acceptors (Lipinski definition) is 3. The van der Waals surface area contributed by atoms with Crippen LogP contribution in [0.5, 0.6) is 0 Å². The van der Waals surface area contributed by atoms with Gasteiger partial charge in [0.15, 0.2) is 0 Å². The second-order valence-corrected chi connectivity index (χ2v) is 5.56. The highest BCUT2D eigenvalue weighted by atomic mass is 16.2. The van der Waals surface area contributed by atoms with E-state index in [0.29, 0.717) is 26.1 Å². The maximum absolute atomic E-state index is 12.0. The normalized spacial score (nSPS) is 17.7. The predicted molar refractivity (Wildman–Crippen MR) is 84.1 cm³/mol. The Kier molecular flexibility index (Phi) is 4.21. The molecule has 1 aliphatic heterocycles. The molecule has 0 bridgehead atoms. The summed E-state index contributed by atoms with van der Waals surface area (Å²) in [7, 11) is 0. The van der Waals surface area contributed by atoms with Crippen LogP contribution in [-0.4, -0.2) is 35.4 Å². The summed E-state index contributed by atoms with van der Waals surface area (Å²) in [5, 5.41) is 4.72. The van der Waals surface area contributed by atoms with Gasteiger partial charge in [0, 0.05) is 42.5 Å². The Morgan fingerprint density at radius 2 is 2.23 bits per heavy atom. The third kappa shape index (κ3) is 3.02. The molecule has 0 radical (unpaired) electrons. The molecule has 3 rings (SSSR count). The van der Waals surface area contributed by atoms with E-state index in [1.165, 1.54) is 5.56 Å². The van der Waals surface area contributed by atoms with Crippen molar-refractivity contribution < 1.29 is 4.79 Å². The Hall–Kier alpha value is -2.59. The van der Waals surface area contributed by atoms with Crippen LogP contribution in [0.15, 0.2) is 41.6 Å². The van der Waals surface area contributed by atoms with Gasteiger partial charge in [-0.25, -0.2) is 0 Å². The average molecular weight is 295 g/mol.